The van der Waals surface area contributed by atoms with Crippen molar-refractivity contribution < 1.29 is 9.13 Å². The monoisotopic (exact) mass is 195 g/mol. The minimum atomic E-state index is -0.234. The number of ether oxygens (including phenoxy) is 1. The second-order valence-corrected chi connectivity index (χ2v) is 2.98. The molecule has 14 heavy (non-hydrogen) atoms. The van der Waals surface area contributed by atoms with Gasteiger partial charge in [0, 0.05) is 12.1 Å². The summed E-state index contributed by atoms with van der Waals surface area (Å²) in [5.41, 5.74) is 6.60. The molecule has 2 nitrogen and oxygen atoms in total. The summed E-state index contributed by atoms with van der Waals surface area (Å²) in [6.45, 7) is 2.13. The molecule has 1 aromatic carbocycles. The van der Waals surface area contributed by atoms with Crippen molar-refractivity contribution in [2.75, 3.05) is 13.7 Å². The molecule has 0 saturated heterocycles. The van der Waals surface area contributed by atoms with Gasteiger partial charge in [0.05, 0.1) is 7.11 Å². The van der Waals surface area contributed by atoms with E-state index >= 15 is 0 Å². The highest BCUT2D eigenvalue weighted by atomic mass is 19.1. The topological polar surface area (TPSA) is 35.2 Å². The Hall–Kier alpha value is -1.35. The number of rotatable bonds is 3. The zero-order valence-electron chi connectivity index (χ0n) is 8.38. The van der Waals surface area contributed by atoms with Gasteiger partial charge in [0.15, 0.2) is 0 Å². The molecule has 0 spiro atoms. The van der Waals surface area contributed by atoms with E-state index < -0.39 is 0 Å². The van der Waals surface area contributed by atoms with Crippen LogP contribution in [0.3, 0.4) is 0 Å². The number of nitrogens with two attached hydrogens (primary N) is 1. The normalized spacial score (nSPS) is 10.9. The predicted molar refractivity (Wildman–Crippen MR) is 55.8 cm³/mol. The average molecular weight is 195 g/mol. The van der Waals surface area contributed by atoms with Crippen LogP contribution in [0.2, 0.25) is 0 Å². The fourth-order valence-corrected chi connectivity index (χ4v) is 1.17. The largest absolute Gasteiger partial charge is 0.496 e. The van der Waals surface area contributed by atoms with Crippen LogP contribution >= 0.6 is 0 Å². The molecule has 0 radical (unpaired) electrons. The molecule has 76 valence electrons. The smallest absolute Gasteiger partial charge is 0.126 e. The molecule has 0 aromatic heterocycles. The van der Waals surface area contributed by atoms with E-state index in [1.54, 1.807) is 32.3 Å². The third kappa shape index (κ3) is 2.33. The quantitative estimate of drug-likeness (QED) is 0.801. The van der Waals surface area contributed by atoms with Gasteiger partial charge in [-0.1, -0.05) is 12.2 Å². The fourth-order valence-electron chi connectivity index (χ4n) is 1.17. The van der Waals surface area contributed by atoms with Crippen molar-refractivity contribution in [3.8, 4) is 5.75 Å². The molecule has 0 bridgehead atoms. The molecule has 0 aliphatic rings. The van der Waals surface area contributed by atoms with Crippen molar-refractivity contribution in [3.63, 3.8) is 0 Å². The number of benzene rings is 1. The van der Waals surface area contributed by atoms with Crippen LogP contribution in [0.5, 0.6) is 5.75 Å². The Kier molecular flexibility index (Phi) is 3.65. The standard InChI is InChI=1S/C11H14FNO/c1-8-6-11(14-2)9(4-3-5-13)7-10(8)12/h3-4,6-7H,5,13H2,1-2H3/b4-3+. The van der Waals surface area contributed by atoms with E-state index in [1.807, 2.05) is 0 Å². The predicted octanol–water partition coefficient (Wildman–Crippen LogP) is 2.11. The summed E-state index contributed by atoms with van der Waals surface area (Å²) in [7, 11) is 1.56. The summed E-state index contributed by atoms with van der Waals surface area (Å²) in [6, 6.07) is 3.12. The lowest BCUT2D eigenvalue weighted by atomic mass is 10.1. The highest BCUT2D eigenvalue weighted by molar-refractivity contribution is 5.58. The second-order valence-electron chi connectivity index (χ2n) is 2.98. The Balaban J connectivity index is 3.13. The minimum Gasteiger partial charge on any atom is -0.496 e. The van der Waals surface area contributed by atoms with Crippen molar-refractivity contribution in [3.05, 3.63) is 35.2 Å². The van der Waals surface area contributed by atoms with Crippen LogP contribution in [0.25, 0.3) is 6.08 Å². The molecule has 0 fully saturated rings. The van der Waals surface area contributed by atoms with Crippen molar-refractivity contribution >= 4 is 6.08 Å². The summed E-state index contributed by atoms with van der Waals surface area (Å²) < 4.78 is 18.3. The van der Waals surface area contributed by atoms with Crippen LogP contribution in [0.15, 0.2) is 18.2 Å². The molecule has 1 aromatic rings. The summed E-state index contributed by atoms with van der Waals surface area (Å²) >= 11 is 0. The first-order valence-electron chi connectivity index (χ1n) is 4.39. The SMILES string of the molecule is COc1cc(C)c(F)cc1/C=C/CN. The number of aryl methyl sites for hydroxylation is 1. The van der Waals surface area contributed by atoms with Gasteiger partial charge < -0.3 is 10.5 Å². The Bertz CT molecular complexity index is 347. The lowest BCUT2D eigenvalue weighted by Crippen LogP contribution is -1.94. The third-order valence-corrected chi connectivity index (χ3v) is 1.94. The second kappa shape index (κ2) is 4.77. The minimum absolute atomic E-state index is 0.234. The Morgan fingerprint density at radius 1 is 1.50 bits per heavy atom. The van der Waals surface area contributed by atoms with Gasteiger partial charge in [0.2, 0.25) is 0 Å². The van der Waals surface area contributed by atoms with Gasteiger partial charge in [-0.2, -0.15) is 0 Å². The maximum atomic E-state index is 13.2. The average Bonchev–Trinajstić information content (AvgIpc) is 2.19. The highest BCUT2D eigenvalue weighted by Gasteiger charge is 2.04. The molecule has 2 N–H and O–H groups in total. The molecule has 0 heterocycles. The van der Waals surface area contributed by atoms with Gasteiger partial charge in [-0.3, -0.25) is 0 Å². The van der Waals surface area contributed by atoms with E-state index in [2.05, 4.69) is 0 Å². The molecule has 3 heteroatoms. The van der Waals surface area contributed by atoms with Crippen molar-refractivity contribution in [2.45, 2.75) is 6.92 Å². The summed E-state index contributed by atoms with van der Waals surface area (Å²) in [5, 5.41) is 0. The molecule has 0 aliphatic carbocycles. The van der Waals surface area contributed by atoms with Crippen LogP contribution in [-0.4, -0.2) is 13.7 Å². The van der Waals surface area contributed by atoms with Gasteiger partial charge in [-0.15, -0.1) is 0 Å². The molecule has 0 atom stereocenters. The number of methoxy groups -OCH3 is 1. The third-order valence-electron chi connectivity index (χ3n) is 1.94. The zero-order chi connectivity index (χ0) is 10.6. The number of halogens is 1. The van der Waals surface area contributed by atoms with Gasteiger partial charge in [-0.25, -0.2) is 4.39 Å². The van der Waals surface area contributed by atoms with Crippen LogP contribution in [-0.2, 0) is 0 Å². The van der Waals surface area contributed by atoms with Crippen molar-refractivity contribution in [1.82, 2.24) is 0 Å². The molecule has 1 rings (SSSR count). The van der Waals surface area contributed by atoms with E-state index in [-0.39, 0.29) is 5.82 Å². The maximum Gasteiger partial charge on any atom is 0.126 e. The van der Waals surface area contributed by atoms with Crippen LogP contribution in [0.4, 0.5) is 4.39 Å². The first-order valence-corrected chi connectivity index (χ1v) is 4.39. The van der Waals surface area contributed by atoms with E-state index in [0.29, 0.717) is 23.4 Å². The first-order chi connectivity index (χ1) is 6.69. The van der Waals surface area contributed by atoms with E-state index in [4.69, 9.17) is 10.5 Å². The molecule has 0 amide bonds. The molecular formula is C11H14FNO. The van der Waals surface area contributed by atoms with Crippen molar-refractivity contribution in [1.29, 1.82) is 0 Å². The fraction of sp³-hybridized carbons (Fsp3) is 0.273. The molecular weight excluding hydrogens is 181 g/mol. The van der Waals surface area contributed by atoms with E-state index in [1.165, 1.54) is 6.07 Å². The van der Waals surface area contributed by atoms with Crippen molar-refractivity contribution in [2.24, 2.45) is 5.73 Å². The molecule has 0 unspecified atom stereocenters. The number of hydrogen-bond acceptors (Lipinski definition) is 2. The lowest BCUT2D eigenvalue weighted by molar-refractivity contribution is 0.412. The first kappa shape index (κ1) is 10.7. The van der Waals surface area contributed by atoms with Gasteiger partial charge in [0.25, 0.3) is 0 Å². The summed E-state index contributed by atoms with van der Waals surface area (Å²) in [6.07, 6.45) is 3.51. The maximum absolute atomic E-state index is 13.2. The summed E-state index contributed by atoms with van der Waals surface area (Å²) in [4.78, 5) is 0. The number of hydrogen-bond donors (Lipinski definition) is 1. The molecule has 0 aliphatic heterocycles. The van der Waals surface area contributed by atoms with Gasteiger partial charge >= 0.3 is 0 Å². The van der Waals surface area contributed by atoms with Gasteiger partial charge in [-0.05, 0) is 24.6 Å². The Morgan fingerprint density at radius 3 is 2.79 bits per heavy atom. The summed E-state index contributed by atoms with van der Waals surface area (Å²) in [5.74, 6) is 0.427. The molecule has 0 saturated carbocycles. The van der Waals surface area contributed by atoms with Crippen LogP contribution in [0, 0.1) is 12.7 Å². The zero-order valence-corrected chi connectivity index (χ0v) is 8.38. The highest BCUT2D eigenvalue weighted by Crippen LogP contribution is 2.23. The lowest BCUT2D eigenvalue weighted by Gasteiger charge is -2.06. The van der Waals surface area contributed by atoms with Crippen LogP contribution < -0.4 is 10.5 Å². The Labute approximate surface area is 83.2 Å². The van der Waals surface area contributed by atoms with Gasteiger partial charge in [0.1, 0.15) is 11.6 Å². The Morgan fingerprint density at radius 2 is 2.21 bits per heavy atom. The van der Waals surface area contributed by atoms with Crippen LogP contribution in [0.1, 0.15) is 11.1 Å². The van der Waals surface area contributed by atoms with E-state index in [9.17, 15) is 4.39 Å². The van der Waals surface area contributed by atoms with E-state index in [0.717, 1.165) is 0 Å².